The van der Waals surface area contributed by atoms with Crippen LogP contribution in [-0.2, 0) is 11.3 Å². The summed E-state index contributed by atoms with van der Waals surface area (Å²) in [6, 6.07) is 7.54. The summed E-state index contributed by atoms with van der Waals surface area (Å²) in [5.74, 6) is 0.0249. The topological polar surface area (TPSA) is 73.4 Å². The minimum Gasteiger partial charge on any atom is -0.378 e. The zero-order valence-corrected chi connectivity index (χ0v) is 11.7. The number of rotatable bonds is 3. The zero-order valence-electron chi connectivity index (χ0n) is 11.7. The van der Waals surface area contributed by atoms with Crippen molar-refractivity contribution >= 4 is 5.91 Å². The highest BCUT2D eigenvalue weighted by atomic mass is 16.5. The van der Waals surface area contributed by atoms with E-state index in [9.17, 15) is 4.79 Å². The van der Waals surface area contributed by atoms with Crippen molar-refractivity contribution in [1.82, 2.24) is 14.5 Å². The molecular weight excluding hydrogens is 268 g/mol. The molecular formula is C15H18N4O2. The van der Waals surface area contributed by atoms with Crippen LogP contribution in [0.2, 0.25) is 0 Å². The number of ether oxygens (including phenoxy) is 1. The first-order chi connectivity index (χ1) is 10.3. The van der Waals surface area contributed by atoms with Crippen molar-refractivity contribution in [2.24, 2.45) is 5.73 Å². The highest BCUT2D eigenvalue weighted by molar-refractivity contribution is 5.97. The van der Waals surface area contributed by atoms with Gasteiger partial charge in [0.05, 0.1) is 36.5 Å². The molecule has 1 aromatic heterocycles. The molecule has 2 heterocycles. The van der Waals surface area contributed by atoms with Gasteiger partial charge in [-0.15, -0.1) is 0 Å². The van der Waals surface area contributed by atoms with Crippen molar-refractivity contribution in [2.45, 2.75) is 6.54 Å². The van der Waals surface area contributed by atoms with E-state index >= 15 is 0 Å². The number of amides is 1. The van der Waals surface area contributed by atoms with Gasteiger partial charge in [0.2, 0.25) is 0 Å². The number of aromatic nitrogens is 2. The van der Waals surface area contributed by atoms with Crippen LogP contribution in [0.1, 0.15) is 16.1 Å². The lowest BCUT2D eigenvalue weighted by atomic mass is 10.1. The molecule has 1 aliphatic heterocycles. The van der Waals surface area contributed by atoms with Crippen molar-refractivity contribution in [2.75, 3.05) is 26.3 Å². The first kappa shape index (κ1) is 13.8. The van der Waals surface area contributed by atoms with Crippen molar-refractivity contribution in [3.05, 3.63) is 48.0 Å². The van der Waals surface area contributed by atoms with Gasteiger partial charge in [-0.1, -0.05) is 12.1 Å². The summed E-state index contributed by atoms with van der Waals surface area (Å²) >= 11 is 0. The molecule has 3 rings (SSSR count). The fraction of sp³-hybridized carbons (Fsp3) is 0.333. The standard InChI is InChI=1S/C15H18N4O2/c16-9-12-10-19(11-17-12)14-4-2-1-3-13(14)15(20)18-5-7-21-8-6-18/h1-4,10-11H,5-9,16H2. The lowest BCUT2D eigenvalue weighted by molar-refractivity contribution is 0.0303. The number of morpholine rings is 1. The Morgan fingerprint density at radius 1 is 1.29 bits per heavy atom. The second-order valence-corrected chi connectivity index (χ2v) is 4.90. The molecule has 6 heteroatoms. The van der Waals surface area contributed by atoms with Crippen molar-refractivity contribution in [3.8, 4) is 5.69 Å². The second kappa shape index (κ2) is 6.07. The van der Waals surface area contributed by atoms with E-state index in [1.165, 1.54) is 0 Å². The molecule has 1 aromatic carbocycles. The quantitative estimate of drug-likeness (QED) is 0.906. The number of carbonyl (C=O) groups excluding carboxylic acids is 1. The van der Waals surface area contributed by atoms with Gasteiger partial charge < -0.3 is 19.9 Å². The molecule has 1 amide bonds. The largest absolute Gasteiger partial charge is 0.378 e. The molecule has 0 aliphatic carbocycles. The maximum atomic E-state index is 12.7. The van der Waals surface area contributed by atoms with Crippen LogP contribution < -0.4 is 5.73 Å². The van der Waals surface area contributed by atoms with Crippen LogP contribution in [0.4, 0.5) is 0 Å². The maximum absolute atomic E-state index is 12.7. The summed E-state index contributed by atoms with van der Waals surface area (Å²) in [6.45, 7) is 2.83. The SMILES string of the molecule is NCc1cn(-c2ccccc2C(=O)N2CCOCC2)cn1. The fourth-order valence-electron chi connectivity index (χ4n) is 2.42. The summed E-state index contributed by atoms with van der Waals surface area (Å²) in [6.07, 6.45) is 3.54. The maximum Gasteiger partial charge on any atom is 0.256 e. The van der Waals surface area contributed by atoms with Gasteiger partial charge in [0, 0.05) is 25.8 Å². The average Bonchev–Trinajstić information content (AvgIpc) is 3.04. The third-order valence-electron chi connectivity index (χ3n) is 3.56. The van der Waals surface area contributed by atoms with Gasteiger partial charge in [0.1, 0.15) is 0 Å². The lowest BCUT2D eigenvalue weighted by Crippen LogP contribution is -2.41. The molecule has 110 valence electrons. The number of hydrogen-bond acceptors (Lipinski definition) is 4. The molecule has 6 nitrogen and oxygen atoms in total. The van der Waals surface area contributed by atoms with Gasteiger partial charge in [-0.25, -0.2) is 4.98 Å². The van der Waals surface area contributed by atoms with Gasteiger partial charge in [-0.3, -0.25) is 4.79 Å². The number of nitrogens with two attached hydrogens (primary N) is 1. The van der Waals surface area contributed by atoms with Gasteiger partial charge in [0.25, 0.3) is 5.91 Å². The third-order valence-corrected chi connectivity index (χ3v) is 3.56. The molecule has 2 aromatic rings. The van der Waals surface area contributed by atoms with Crippen molar-refractivity contribution in [3.63, 3.8) is 0 Å². The summed E-state index contributed by atoms with van der Waals surface area (Å²) in [5.41, 5.74) is 7.87. The Morgan fingerprint density at radius 3 is 2.76 bits per heavy atom. The van der Waals surface area contributed by atoms with Crippen molar-refractivity contribution < 1.29 is 9.53 Å². The fourth-order valence-corrected chi connectivity index (χ4v) is 2.42. The molecule has 21 heavy (non-hydrogen) atoms. The van der Waals surface area contributed by atoms with E-state index in [0.29, 0.717) is 38.4 Å². The smallest absolute Gasteiger partial charge is 0.256 e. The van der Waals surface area contributed by atoms with E-state index in [-0.39, 0.29) is 5.91 Å². The highest BCUT2D eigenvalue weighted by Gasteiger charge is 2.21. The minimum atomic E-state index is 0.0249. The number of benzene rings is 1. The number of imidazole rings is 1. The Kier molecular flexibility index (Phi) is 3.98. The monoisotopic (exact) mass is 286 g/mol. The molecule has 0 radical (unpaired) electrons. The van der Waals surface area contributed by atoms with Crippen LogP contribution in [0.25, 0.3) is 5.69 Å². The molecule has 2 N–H and O–H groups in total. The average molecular weight is 286 g/mol. The molecule has 0 atom stereocenters. The number of hydrogen-bond donors (Lipinski definition) is 1. The molecule has 0 bridgehead atoms. The van der Waals surface area contributed by atoms with E-state index in [0.717, 1.165) is 11.4 Å². The Bertz CT molecular complexity index is 632. The molecule has 0 saturated carbocycles. The Balaban J connectivity index is 1.93. The summed E-state index contributed by atoms with van der Waals surface area (Å²) in [4.78, 5) is 18.7. The van der Waals surface area contributed by atoms with Crippen molar-refractivity contribution in [1.29, 1.82) is 0 Å². The molecule has 0 spiro atoms. The van der Waals surface area contributed by atoms with Crippen LogP contribution >= 0.6 is 0 Å². The van der Waals surface area contributed by atoms with E-state index < -0.39 is 0 Å². The van der Waals surface area contributed by atoms with Gasteiger partial charge in [-0.2, -0.15) is 0 Å². The van der Waals surface area contributed by atoms with Gasteiger partial charge >= 0.3 is 0 Å². The summed E-state index contributed by atoms with van der Waals surface area (Å²) < 4.78 is 7.14. The zero-order chi connectivity index (χ0) is 14.7. The normalized spacial score (nSPS) is 15.2. The van der Waals surface area contributed by atoms with Crippen LogP contribution in [0.15, 0.2) is 36.8 Å². The number of para-hydroxylation sites is 1. The second-order valence-electron chi connectivity index (χ2n) is 4.90. The molecule has 0 unspecified atom stereocenters. The van der Waals surface area contributed by atoms with Crippen LogP contribution in [0.3, 0.4) is 0 Å². The Labute approximate surface area is 123 Å². The Morgan fingerprint density at radius 2 is 2.05 bits per heavy atom. The number of nitrogens with zero attached hydrogens (tertiary/aromatic N) is 3. The molecule has 1 fully saturated rings. The third kappa shape index (κ3) is 2.81. The van der Waals surface area contributed by atoms with Crippen LogP contribution in [-0.4, -0.2) is 46.7 Å². The lowest BCUT2D eigenvalue weighted by Gasteiger charge is -2.27. The van der Waals surface area contributed by atoms with Crippen LogP contribution in [0.5, 0.6) is 0 Å². The number of carbonyl (C=O) groups is 1. The first-order valence-corrected chi connectivity index (χ1v) is 6.99. The van der Waals surface area contributed by atoms with Gasteiger partial charge in [-0.05, 0) is 12.1 Å². The summed E-state index contributed by atoms with van der Waals surface area (Å²) in [5, 5.41) is 0. The van der Waals surface area contributed by atoms with Crippen LogP contribution in [0, 0.1) is 0 Å². The van der Waals surface area contributed by atoms with Gasteiger partial charge in [0.15, 0.2) is 0 Å². The van der Waals surface area contributed by atoms with E-state index in [2.05, 4.69) is 4.98 Å². The highest BCUT2D eigenvalue weighted by Crippen LogP contribution is 2.17. The molecule has 1 saturated heterocycles. The van der Waals surface area contributed by atoms with E-state index in [1.807, 2.05) is 39.9 Å². The summed E-state index contributed by atoms with van der Waals surface area (Å²) in [7, 11) is 0. The predicted octanol–water partition coefficient (Wildman–Crippen LogP) is 0.803. The predicted molar refractivity (Wildman–Crippen MR) is 78.2 cm³/mol. The Hall–Kier alpha value is -2.18. The molecule has 1 aliphatic rings. The first-order valence-electron chi connectivity index (χ1n) is 6.99. The van der Waals surface area contributed by atoms with E-state index in [1.54, 1.807) is 6.33 Å². The van der Waals surface area contributed by atoms with E-state index in [4.69, 9.17) is 10.5 Å². The minimum absolute atomic E-state index is 0.0249.